The van der Waals surface area contributed by atoms with Gasteiger partial charge in [0.05, 0.1) is 31.7 Å². The van der Waals surface area contributed by atoms with Gasteiger partial charge in [0.15, 0.2) is 23.9 Å². The number of ether oxygens (including phenoxy) is 3. The number of rotatable bonds is 9. The molecular formula is C24H23N3O8. The predicted molar refractivity (Wildman–Crippen MR) is 126 cm³/mol. The molecule has 0 aliphatic rings. The molecule has 35 heavy (non-hydrogen) atoms. The normalized spacial score (nSPS) is 10.1. The van der Waals surface area contributed by atoms with E-state index in [1.807, 2.05) is 0 Å². The van der Waals surface area contributed by atoms with Gasteiger partial charge in [0.25, 0.3) is 11.8 Å². The summed E-state index contributed by atoms with van der Waals surface area (Å²) >= 11 is 0. The second-order valence-electron chi connectivity index (χ2n) is 7.07. The Bertz CT molecular complexity index is 1220. The van der Waals surface area contributed by atoms with Gasteiger partial charge in [0, 0.05) is 30.4 Å². The van der Waals surface area contributed by atoms with Crippen LogP contribution >= 0.6 is 0 Å². The number of furan rings is 1. The molecule has 182 valence electrons. The van der Waals surface area contributed by atoms with Crippen LogP contribution < -0.4 is 25.4 Å². The Balaban J connectivity index is 1.70. The Labute approximate surface area is 200 Å². The lowest BCUT2D eigenvalue weighted by Gasteiger charge is -2.15. The van der Waals surface area contributed by atoms with Crippen molar-refractivity contribution in [3.05, 3.63) is 66.1 Å². The van der Waals surface area contributed by atoms with Gasteiger partial charge in [0.1, 0.15) is 0 Å². The quantitative estimate of drug-likeness (QED) is 0.395. The van der Waals surface area contributed by atoms with Crippen LogP contribution in [0.2, 0.25) is 0 Å². The van der Waals surface area contributed by atoms with Crippen LogP contribution in [0, 0.1) is 0 Å². The SMILES string of the molecule is COc1cc(NC(=O)c2ccco2)c(C(=O)OCC(=O)Nc2ccc(NC(C)=O)cc2)cc1OC. The third kappa shape index (κ3) is 6.60. The van der Waals surface area contributed by atoms with E-state index in [9.17, 15) is 19.2 Å². The third-order valence-electron chi connectivity index (χ3n) is 4.56. The fourth-order valence-corrected chi connectivity index (χ4v) is 2.99. The summed E-state index contributed by atoms with van der Waals surface area (Å²) in [4.78, 5) is 48.6. The Kier molecular flexibility index (Phi) is 8.06. The number of benzene rings is 2. The first kappa shape index (κ1) is 24.8. The lowest BCUT2D eigenvalue weighted by molar-refractivity contribution is -0.119. The number of carbonyl (C=O) groups is 4. The first-order valence-corrected chi connectivity index (χ1v) is 10.3. The van der Waals surface area contributed by atoms with Crippen molar-refractivity contribution in [3.8, 4) is 11.5 Å². The lowest BCUT2D eigenvalue weighted by atomic mass is 10.1. The van der Waals surface area contributed by atoms with Gasteiger partial charge in [-0.15, -0.1) is 0 Å². The van der Waals surface area contributed by atoms with Crippen molar-refractivity contribution in [2.45, 2.75) is 6.92 Å². The molecule has 0 spiro atoms. The molecule has 0 bridgehead atoms. The molecule has 3 rings (SSSR count). The van der Waals surface area contributed by atoms with Gasteiger partial charge in [-0.25, -0.2) is 4.79 Å². The Morgan fingerprint density at radius 1 is 0.857 bits per heavy atom. The number of nitrogens with one attached hydrogen (secondary N) is 3. The van der Waals surface area contributed by atoms with E-state index < -0.39 is 24.4 Å². The molecule has 11 nitrogen and oxygen atoms in total. The topological polar surface area (TPSA) is 145 Å². The highest BCUT2D eigenvalue weighted by Crippen LogP contribution is 2.34. The highest BCUT2D eigenvalue weighted by molar-refractivity contribution is 6.07. The summed E-state index contributed by atoms with van der Waals surface area (Å²) < 4.78 is 20.7. The average molecular weight is 481 g/mol. The monoisotopic (exact) mass is 481 g/mol. The molecule has 1 heterocycles. The summed E-state index contributed by atoms with van der Waals surface area (Å²) in [6.07, 6.45) is 1.34. The minimum Gasteiger partial charge on any atom is -0.493 e. The van der Waals surface area contributed by atoms with Crippen LogP contribution in [0.15, 0.2) is 59.2 Å². The van der Waals surface area contributed by atoms with E-state index in [2.05, 4.69) is 16.0 Å². The zero-order chi connectivity index (χ0) is 25.4. The van der Waals surface area contributed by atoms with Gasteiger partial charge in [-0.2, -0.15) is 0 Å². The molecule has 1 aromatic heterocycles. The number of esters is 1. The zero-order valence-corrected chi connectivity index (χ0v) is 19.2. The van der Waals surface area contributed by atoms with E-state index in [0.717, 1.165) is 0 Å². The van der Waals surface area contributed by atoms with E-state index in [4.69, 9.17) is 18.6 Å². The maximum absolute atomic E-state index is 12.8. The highest BCUT2D eigenvalue weighted by Gasteiger charge is 2.22. The number of methoxy groups -OCH3 is 2. The first-order chi connectivity index (χ1) is 16.8. The van der Waals surface area contributed by atoms with E-state index >= 15 is 0 Å². The number of amides is 3. The maximum Gasteiger partial charge on any atom is 0.340 e. The van der Waals surface area contributed by atoms with Crippen molar-refractivity contribution in [3.63, 3.8) is 0 Å². The van der Waals surface area contributed by atoms with Crippen LogP contribution in [0.25, 0.3) is 0 Å². The van der Waals surface area contributed by atoms with Crippen molar-refractivity contribution in [1.82, 2.24) is 0 Å². The maximum atomic E-state index is 12.8. The van der Waals surface area contributed by atoms with Crippen LogP contribution in [0.3, 0.4) is 0 Å². The lowest BCUT2D eigenvalue weighted by Crippen LogP contribution is -2.22. The molecule has 0 fully saturated rings. The van der Waals surface area contributed by atoms with E-state index in [0.29, 0.717) is 11.4 Å². The Morgan fingerprint density at radius 3 is 2.06 bits per heavy atom. The van der Waals surface area contributed by atoms with Gasteiger partial charge in [-0.3, -0.25) is 14.4 Å². The molecule has 2 aromatic carbocycles. The predicted octanol–water partition coefficient (Wildman–Crippen LogP) is 3.30. The van der Waals surface area contributed by atoms with Gasteiger partial charge in [0.2, 0.25) is 5.91 Å². The fourth-order valence-electron chi connectivity index (χ4n) is 2.99. The van der Waals surface area contributed by atoms with Crippen molar-refractivity contribution >= 4 is 40.8 Å². The summed E-state index contributed by atoms with van der Waals surface area (Å²) in [5.41, 5.74) is 1.02. The molecule has 11 heteroatoms. The second-order valence-corrected chi connectivity index (χ2v) is 7.07. The summed E-state index contributed by atoms with van der Waals surface area (Å²) in [6, 6.07) is 12.1. The van der Waals surface area contributed by atoms with Crippen LogP contribution in [0.5, 0.6) is 11.5 Å². The van der Waals surface area contributed by atoms with Gasteiger partial charge >= 0.3 is 5.97 Å². The highest BCUT2D eigenvalue weighted by atomic mass is 16.5. The molecule has 3 amide bonds. The van der Waals surface area contributed by atoms with E-state index in [1.165, 1.54) is 45.6 Å². The standard InChI is InChI=1S/C24H23N3O8/c1-14(28)25-15-6-8-16(9-7-15)26-22(29)13-35-24(31)17-11-20(32-2)21(33-3)12-18(17)27-23(30)19-5-4-10-34-19/h4-12H,13H2,1-3H3,(H,25,28)(H,26,29)(H,27,30). The minimum absolute atomic E-state index is 0.0306. The molecule has 0 aliphatic carbocycles. The Hall–Kier alpha value is -4.80. The number of hydrogen-bond acceptors (Lipinski definition) is 8. The molecule has 0 unspecified atom stereocenters. The fraction of sp³-hybridized carbons (Fsp3) is 0.167. The van der Waals surface area contributed by atoms with Crippen LogP contribution in [-0.4, -0.2) is 44.5 Å². The Morgan fingerprint density at radius 2 is 1.49 bits per heavy atom. The average Bonchev–Trinajstić information content (AvgIpc) is 3.38. The second kappa shape index (κ2) is 11.4. The van der Waals surface area contributed by atoms with Crippen LogP contribution in [0.1, 0.15) is 27.8 Å². The van der Waals surface area contributed by atoms with Crippen molar-refractivity contribution < 1.29 is 37.8 Å². The summed E-state index contributed by atoms with van der Waals surface area (Å²) in [5.74, 6) is -1.77. The molecule has 0 saturated carbocycles. The van der Waals surface area contributed by atoms with Crippen molar-refractivity contribution in [2.24, 2.45) is 0 Å². The largest absolute Gasteiger partial charge is 0.493 e. The van der Waals surface area contributed by atoms with Gasteiger partial charge < -0.3 is 34.6 Å². The van der Waals surface area contributed by atoms with Crippen molar-refractivity contribution in [2.75, 3.05) is 36.8 Å². The summed E-state index contributed by atoms with van der Waals surface area (Å²) in [7, 11) is 2.79. The first-order valence-electron chi connectivity index (χ1n) is 10.3. The molecule has 0 aliphatic heterocycles. The number of anilines is 3. The van der Waals surface area contributed by atoms with E-state index in [1.54, 1.807) is 30.3 Å². The summed E-state index contributed by atoms with van der Waals surface area (Å²) in [6.45, 7) is 0.794. The van der Waals surface area contributed by atoms with Gasteiger partial charge in [-0.1, -0.05) is 0 Å². The minimum atomic E-state index is -0.878. The van der Waals surface area contributed by atoms with Crippen molar-refractivity contribution in [1.29, 1.82) is 0 Å². The van der Waals surface area contributed by atoms with Gasteiger partial charge in [-0.05, 0) is 36.4 Å². The van der Waals surface area contributed by atoms with Crippen LogP contribution in [0.4, 0.5) is 17.1 Å². The number of hydrogen-bond donors (Lipinski definition) is 3. The molecule has 0 radical (unpaired) electrons. The third-order valence-corrected chi connectivity index (χ3v) is 4.56. The van der Waals surface area contributed by atoms with Crippen LogP contribution in [-0.2, 0) is 14.3 Å². The zero-order valence-electron chi connectivity index (χ0n) is 19.2. The smallest absolute Gasteiger partial charge is 0.340 e. The summed E-state index contributed by atoms with van der Waals surface area (Å²) in [5, 5.41) is 7.76. The number of carbonyl (C=O) groups excluding carboxylic acids is 4. The van der Waals surface area contributed by atoms with E-state index in [-0.39, 0.29) is 34.4 Å². The molecule has 3 aromatic rings. The molecule has 0 saturated heterocycles. The molecule has 0 atom stereocenters. The molecular weight excluding hydrogens is 458 g/mol. The molecule has 3 N–H and O–H groups in total.